The van der Waals surface area contributed by atoms with Gasteiger partial charge in [0, 0.05) is 24.1 Å². The van der Waals surface area contributed by atoms with E-state index in [9.17, 15) is 9.59 Å². The summed E-state index contributed by atoms with van der Waals surface area (Å²) in [7, 11) is 1.62. The van der Waals surface area contributed by atoms with Crippen molar-refractivity contribution in [3.63, 3.8) is 0 Å². The van der Waals surface area contributed by atoms with E-state index in [2.05, 4.69) is 0 Å². The molecule has 22 heavy (non-hydrogen) atoms. The van der Waals surface area contributed by atoms with Crippen molar-refractivity contribution in [2.45, 2.75) is 37.6 Å². The smallest absolute Gasteiger partial charge is 0.331 e. The molecule has 0 aliphatic rings. The van der Waals surface area contributed by atoms with Gasteiger partial charge >= 0.3 is 5.97 Å². The van der Waals surface area contributed by atoms with Crippen molar-refractivity contribution in [3.05, 3.63) is 29.3 Å². The molecule has 1 aromatic rings. The fourth-order valence-corrected chi connectivity index (χ4v) is 2.91. The lowest BCUT2D eigenvalue weighted by molar-refractivity contribution is -0.160. The van der Waals surface area contributed by atoms with Gasteiger partial charge in [0.15, 0.2) is 0 Å². The number of likely N-dealkylation sites (N-methyl/N-ethyl adjacent to an activating group) is 1. The highest BCUT2D eigenvalue weighted by Crippen LogP contribution is 2.27. The standard InChI is InChI=1S/C16H22ClNO3S/c1-5-21-15(20)16(2,3)18(4)14(19)10-11-22-13-9-7-6-8-12(13)17/h6-9H,5,10-11H2,1-4H3. The molecule has 0 aliphatic carbocycles. The van der Waals surface area contributed by atoms with Gasteiger partial charge in [-0.2, -0.15) is 0 Å². The Morgan fingerprint density at radius 1 is 1.32 bits per heavy atom. The number of carbonyl (C=O) groups excluding carboxylic acids is 2. The van der Waals surface area contributed by atoms with Crippen LogP contribution in [0.15, 0.2) is 29.2 Å². The minimum absolute atomic E-state index is 0.0994. The SMILES string of the molecule is CCOC(=O)C(C)(C)N(C)C(=O)CCSc1ccccc1Cl. The zero-order valence-corrected chi connectivity index (χ0v) is 15.0. The zero-order valence-electron chi connectivity index (χ0n) is 13.4. The average Bonchev–Trinajstić information content (AvgIpc) is 2.48. The molecule has 0 fully saturated rings. The van der Waals surface area contributed by atoms with Crippen LogP contribution >= 0.6 is 23.4 Å². The summed E-state index contributed by atoms with van der Waals surface area (Å²) in [4.78, 5) is 26.5. The molecule has 0 heterocycles. The van der Waals surface area contributed by atoms with Crippen molar-refractivity contribution < 1.29 is 14.3 Å². The number of nitrogens with zero attached hydrogens (tertiary/aromatic N) is 1. The second-order valence-corrected chi connectivity index (χ2v) is 6.81. The highest BCUT2D eigenvalue weighted by atomic mass is 35.5. The van der Waals surface area contributed by atoms with Gasteiger partial charge in [0.25, 0.3) is 0 Å². The number of esters is 1. The van der Waals surface area contributed by atoms with E-state index in [1.54, 1.807) is 27.8 Å². The van der Waals surface area contributed by atoms with E-state index in [1.807, 2.05) is 24.3 Å². The van der Waals surface area contributed by atoms with Crippen molar-refractivity contribution in [1.82, 2.24) is 4.90 Å². The molecule has 0 spiro atoms. The predicted octanol–water partition coefficient (Wildman–Crippen LogP) is 3.62. The molecule has 1 rings (SSSR count). The minimum Gasteiger partial charge on any atom is -0.464 e. The number of amides is 1. The summed E-state index contributed by atoms with van der Waals surface area (Å²) in [6, 6.07) is 7.52. The number of rotatable bonds is 7. The first kappa shape index (κ1) is 18.8. The summed E-state index contributed by atoms with van der Waals surface area (Å²) < 4.78 is 5.01. The monoisotopic (exact) mass is 343 g/mol. The maximum Gasteiger partial charge on any atom is 0.331 e. The van der Waals surface area contributed by atoms with Crippen molar-refractivity contribution in [2.24, 2.45) is 0 Å². The first-order valence-corrected chi connectivity index (χ1v) is 8.48. The van der Waals surface area contributed by atoms with E-state index in [-0.39, 0.29) is 5.91 Å². The van der Waals surface area contributed by atoms with E-state index < -0.39 is 11.5 Å². The molecule has 0 saturated carbocycles. The fourth-order valence-electron chi connectivity index (χ4n) is 1.73. The van der Waals surface area contributed by atoms with E-state index in [4.69, 9.17) is 16.3 Å². The Hall–Kier alpha value is -1.20. The molecule has 0 aliphatic heterocycles. The molecule has 0 unspecified atom stereocenters. The Bertz CT molecular complexity index is 534. The van der Waals surface area contributed by atoms with E-state index >= 15 is 0 Å². The third-order valence-corrected chi connectivity index (χ3v) is 4.91. The second-order valence-electron chi connectivity index (χ2n) is 5.26. The quantitative estimate of drug-likeness (QED) is 0.560. The number of carbonyl (C=O) groups is 2. The van der Waals surface area contributed by atoms with E-state index in [1.165, 1.54) is 16.7 Å². The Labute approximate surface area is 141 Å². The maximum atomic E-state index is 12.2. The number of halogens is 1. The molecule has 4 nitrogen and oxygen atoms in total. The van der Waals surface area contributed by atoms with Gasteiger partial charge in [0.05, 0.1) is 11.6 Å². The van der Waals surface area contributed by atoms with Crippen molar-refractivity contribution in [2.75, 3.05) is 19.4 Å². The molecule has 0 saturated heterocycles. The molecule has 0 bridgehead atoms. The largest absolute Gasteiger partial charge is 0.464 e. The van der Waals surface area contributed by atoms with Crippen LogP contribution in [0.2, 0.25) is 5.02 Å². The van der Waals surface area contributed by atoms with Gasteiger partial charge in [-0.1, -0.05) is 23.7 Å². The molecular weight excluding hydrogens is 322 g/mol. The first-order chi connectivity index (χ1) is 10.3. The molecule has 1 amide bonds. The topological polar surface area (TPSA) is 46.6 Å². The first-order valence-electron chi connectivity index (χ1n) is 7.12. The highest BCUT2D eigenvalue weighted by molar-refractivity contribution is 7.99. The van der Waals surface area contributed by atoms with E-state index in [0.29, 0.717) is 23.8 Å². The maximum absolute atomic E-state index is 12.2. The molecule has 0 aromatic heterocycles. The highest BCUT2D eigenvalue weighted by Gasteiger charge is 2.36. The normalized spacial score (nSPS) is 11.1. The van der Waals surface area contributed by atoms with Gasteiger partial charge in [-0.15, -0.1) is 11.8 Å². The molecule has 0 radical (unpaired) electrons. The molecule has 0 N–H and O–H groups in total. The van der Waals surface area contributed by atoms with Crippen LogP contribution in [0, 0.1) is 0 Å². The summed E-state index contributed by atoms with van der Waals surface area (Å²) in [6.45, 7) is 5.41. The van der Waals surface area contributed by atoms with Crippen LogP contribution in [-0.2, 0) is 14.3 Å². The average molecular weight is 344 g/mol. The Balaban J connectivity index is 2.54. The molecule has 1 aromatic carbocycles. The third kappa shape index (κ3) is 4.92. The zero-order chi connectivity index (χ0) is 16.8. The lowest BCUT2D eigenvalue weighted by atomic mass is 10.0. The number of thioether (sulfide) groups is 1. The molecule has 122 valence electrons. The van der Waals surface area contributed by atoms with Gasteiger partial charge in [-0.05, 0) is 32.9 Å². The summed E-state index contributed by atoms with van der Waals surface area (Å²) in [5, 5.41) is 0.681. The van der Waals surface area contributed by atoms with Crippen LogP contribution in [0.25, 0.3) is 0 Å². The summed E-state index contributed by atoms with van der Waals surface area (Å²) in [5.74, 6) is 0.105. The Morgan fingerprint density at radius 2 is 1.95 bits per heavy atom. The van der Waals surface area contributed by atoms with Gasteiger partial charge < -0.3 is 9.64 Å². The Morgan fingerprint density at radius 3 is 2.55 bits per heavy atom. The van der Waals surface area contributed by atoms with Gasteiger partial charge in [0.2, 0.25) is 5.91 Å². The number of benzene rings is 1. The van der Waals surface area contributed by atoms with E-state index in [0.717, 1.165) is 4.90 Å². The van der Waals surface area contributed by atoms with Crippen molar-refractivity contribution >= 4 is 35.2 Å². The van der Waals surface area contributed by atoms with Crippen LogP contribution in [0.1, 0.15) is 27.2 Å². The van der Waals surface area contributed by atoms with Crippen LogP contribution in [0.5, 0.6) is 0 Å². The molecule has 6 heteroatoms. The summed E-state index contributed by atoms with van der Waals surface area (Å²) in [5.41, 5.74) is -0.970. The number of ether oxygens (including phenoxy) is 1. The summed E-state index contributed by atoms with van der Waals surface area (Å²) in [6.07, 6.45) is 0.329. The Kier molecular flexibility index (Phi) is 7.23. The second kappa shape index (κ2) is 8.44. The lowest BCUT2D eigenvalue weighted by Gasteiger charge is -2.33. The van der Waals surface area contributed by atoms with Crippen molar-refractivity contribution in [1.29, 1.82) is 0 Å². The van der Waals surface area contributed by atoms with Gasteiger partial charge in [-0.25, -0.2) is 4.79 Å². The number of hydrogen-bond acceptors (Lipinski definition) is 4. The molecular formula is C16H22ClNO3S. The van der Waals surface area contributed by atoms with Crippen molar-refractivity contribution in [3.8, 4) is 0 Å². The van der Waals surface area contributed by atoms with Gasteiger partial charge in [-0.3, -0.25) is 4.79 Å². The minimum atomic E-state index is -0.970. The number of hydrogen-bond donors (Lipinski definition) is 0. The lowest BCUT2D eigenvalue weighted by Crippen LogP contribution is -2.51. The third-order valence-electron chi connectivity index (χ3n) is 3.40. The van der Waals surface area contributed by atoms with Crippen LogP contribution in [0.4, 0.5) is 0 Å². The summed E-state index contributed by atoms with van der Waals surface area (Å²) >= 11 is 7.60. The van der Waals surface area contributed by atoms with Gasteiger partial charge in [0.1, 0.15) is 5.54 Å². The van der Waals surface area contributed by atoms with Crippen LogP contribution in [0.3, 0.4) is 0 Å². The molecule has 0 atom stereocenters. The fraction of sp³-hybridized carbons (Fsp3) is 0.500. The van der Waals surface area contributed by atoms with Crippen LogP contribution < -0.4 is 0 Å². The predicted molar refractivity (Wildman–Crippen MR) is 90.3 cm³/mol. The van der Waals surface area contributed by atoms with Crippen LogP contribution in [-0.4, -0.2) is 41.7 Å².